The van der Waals surface area contributed by atoms with Crippen LogP contribution >= 0.6 is 0 Å². The molecule has 0 unspecified atom stereocenters. The summed E-state index contributed by atoms with van der Waals surface area (Å²) in [5.74, 6) is 1.78. The lowest BCUT2D eigenvalue weighted by Crippen LogP contribution is -2.03. The van der Waals surface area contributed by atoms with E-state index in [4.69, 9.17) is 4.74 Å². The zero-order chi connectivity index (χ0) is 28.1. The lowest BCUT2D eigenvalue weighted by atomic mass is 9.99. The molecule has 0 spiro atoms. The van der Waals surface area contributed by atoms with Crippen LogP contribution < -0.4 is 4.74 Å². The van der Waals surface area contributed by atoms with E-state index in [-0.39, 0.29) is 0 Å². The topological polar surface area (TPSA) is 19.1 Å². The second-order valence-corrected chi connectivity index (χ2v) is 11.4. The normalized spacial score (nSPS) is 12.4. The fraction of sp³-hybridized carbons (Fsp3) is 0. The van der Waals surface area contributed by atoms with Gasteiger partial charge in [-0.25, -0.2) is 0 Å². The van der Waals surface area contributed by atoms with Gasteiger partial charge < -0.3 is 13.9 Å². The summed E-state index contributed by atoms with van der Waals surface area (Å²) in [6.45, 7) is 0. The molecule has 0 radical (unpaired) electrons. The van der Waals surface area contributed by atoms with Crippen LogP contribution in [-0.4, -0.2) is 9.13 Å². The molecule has 2 aromatic heterocycles. The molecule has 1 aliphatic heterocycles. The third kappa shape index (κ3) is 3.08. The Balaban J connectivity index is 1.19. The molecule has 3 heterocycles. The fourth-order valence-corrected chi connectivity index (χ4v) is 7.23. The van der Waals surface area contributed by atoms with E-state index < -0.39 is 0 Å². The average Bonchev–Trinajstić information content (AvgIpc) is 3.58. The highest BCUT2D eigenvalue weighted by atomic mass is 16.5. The predicted octanol–water partition coefficient (Wildman–Crippen LogP) is 10.8. The van der Waals surface area contributed by atoms with E-state index in [0.717, 1.165) is 28.4 Å². The van der Waals surface area contributed by atoms with Gasteiger partial charge in [-0.1, -0.05) is 91.0 Å². The Labute approximate surface area is 247 Å². The van der Waals surface area contributed by atoms with Crippen molar-refractivity contribution in [3.8, 4) is 34.0 Å². The van der Waals surface area contributed by atoms with Gasteiger partial charge in [0.2, 0.25) is 0 Å². The molecule has 0 N–H and O–H groups in total. The molecule has 0 atom stereocenters. The molecule has 0 bridgehead atoms. The number of benzene rings is 7. The van der Waals surface area contributed by atoms with Crippen molar-refractivity contribution in [1.82, 2.24) is 9.13 Å². The molecule has 1 aliphatic rings. The van der Waals surface area contributed by atoms with E-state index >= 15 is 0 Å². The highest BCUT2D eigenvalue weighted by Crippen LogP contribution is 2.47. The number of ether oxygens (including phenoxy) is 1. The van der Waals surface area contributed by atoms with E-state index in [0.29, 0.717) is 0 Å². The Morgan fingerprint density at radius 2 is 1.14 bits per heavy atom. The average molecular weight is 549 g/mol. The van der Waals surface area contributed by atoms with Gasteiger partial charge in [0.05, 0.1) is 27.8 Å². The Morgan fingerprint density at radius 3 is 2.05 bits per heavy atom. The summed E-state index contributed by atoms with van der Waals surface area (Å²) >= 11 is 0. The zero-order valence-corrected chi connectivity index (χ0v) is 23.2. The van der Waals surface area contributed by atoms with Crippen LogP contribution in [0.3, 0.4) is 0 Å². The first-order valence-electron chi connectivity index (χ1n) is 14.7. The highest BCUT2D eigenvalue weighted by molar-refractivity contribution is 6.18. The molecule has 0 fully saturated rings. The Hall–Kier alpha value is -5.80. The quantitative estimate of drug-likeness (QED) is 0.210. The monoisotopic (exact) mass is 548 g/mol. The Kier molecular flexibility index (Phi) is 4.45. The summed E-state index contributed by atoms with van der Waals surface area (Å²) in [7, 11) is 0. The maximum Gasteiger partial charge on any atom is 0.152 e. The van der Waals surface area contributed by atoms with Crippen LogP contribution in [0.15, 0.2) is 146 Å². The van der Waals surface area contributed by atoms with Crippen molar-refractivity contribution in [2.45, 2.75) is 0 Å². The highest BCUT2D eigenvalue weighted by Gasteiger charge is 2.24. The minimum atomic E-state index is 0.883. The van der Waals surface area contributed by atoms with Gasteiger partial charge in [-0.2, -0.15) is 0 Å². The van der Waals surface area contributed by atoms with Crippen LogP contribution in [0.5, 0.6) is 11.5 Å². The molecule has 200 valence electrons. The van der Waals surface area contributed by atoms with Crippen LogP contribution in [0.25, 0.3) is 76.9 Å². The third-order valence-corrected chi connectivity index (χ3v) is 9.08. The first kappa shape index (κ1) is 22.8. The second-order valence-electron chi connectivity index (χ2n) is 11.4. The largest absolute Gasteiger partial charge is 0.453 e. The number of nitrogens with zero attached hydrogens (tertiary/aromatic N) is 2. The van der Waals surface area contributed by atoms with Crippen molar-refractivity contribution in [1.29, 1.82) is 0 Å². The molecule has 43 heavy (non-hydrogen) atoms. The third-order valence-electron chi connectivity index (χ3n) is 9.08. The molecular weight excluding hydrogens is 524 g/mol. The fourth-order valence-electron chi connectivity index (χ4n) is 7.23. The molecule has 10 rings (SSSR count). The van der Waals surface area contributed by atoms with Gasteiger partial charge in [0.15, 0.2) is 11.5 Å². The minimum Gasteiger partial charge on any atom is -0.453 e. The molecular formula is C40H24N2O. The molecule has 3 heteroatoms. The van der Waals surface area contributed by atoms with Gasteiger partial charge in [-0.15, -0.1) is 0 Å². The first-order valence-corrected chi connectivity index (χ1v) is 14.7. The van der Waals surface area contributed by atoms with E-state index in [2.05, 4.69) is 143 Å². The van der Waals surface area contributed by atoms with Crippen LogP contribution in [-0.2, 0) is 0 Å². The first-order chi connectivity index (χ1) is 21.3. The van der Waals surface area contributed by atoms with Gasteiger partial charge in [0, 0.05) is 27.2 Å². The summed E-state index contributed by atoms with van der Waals surface area (Å²) in [6, 6.07) is 52.4. The van der Waals surface area contributed by atoms with Crippen LogP contribution in [0.1, 0.15) is 0 Å². The number of aromatic nitrogens is 2. The van der Waals surface area contributed by atoms with Crippen LogP contribution in [0.4, 0.5) is 0 Å². The van der Waals surface area contributed by atoms with Gasteiger partial charge in [-0.3, -0.25) is 0 Å². The zero-order valence-electron chi connectivity index (χ0n) is 23.2. The van der Waals surface area contributed by atoms with Crippen LogP contribution in [0, 0.1) is 0 Å². The number of rotatable bonds is 2. The SMILES string of the molecule is c1ccc2c(c1)Oc1cccc3c4c(-c5ccc(-n6c7ccccc7c7cc8ccccc8cc76)cc5)cccc4n-2c13. The number of para-hydroxylation sites is 4. The van der Waals surface area contributed by atoms with Crippen molar-refractivity contribution in [3.63, 3.8) is 0 Å². The molecule has 0 saturated heterocycles. The molecule has 0 saturated carbocycles. The maximum absolute atomic E-state index is 6.36. The Morgan fingerprint density at radius 1 is 0.442 bits per heavy atom. The van der Waals surface area contributed by atoms with Crippen molar-refractivity contribution >= 4 is 54.4 Å². The summed E-state index contributed by atoms with van der Waals surface area (Å²) in [5, 5.41) is 7.52. The second kappa shape index (κ2) is 8.37. The summed E-state index contributed by atoms with van der Waals surface area (Å²) in [6.07, 6.45) is 0. The van der Waals surface area contributed by atoms with E-state index in [1.165, 1.54) is 60.0 Å². The smallest absolute Gasteiger partial charge is 0.152 e. The van der Waals surface area contributed by atoms with Crippen molar-refractivity contribution in [3.05, 3.63) is 146 Å². The van der Waals surface area contributed by atoms with Crippen LogP contribution in [0.2, 0.25) is 0 Å². The van der Waals surface area contributed by atoms with Gasteiger partial charge in [0.25, 0.3) is 0 Å². The standard InChI is InChI=1S/C40H24N2O/c1-2-10-27-24-36-32(23-26(27)9-1)30-11-3-4-14-33(30)41(36)28-21-19-25(20-22-28)29-12-7-16-35-39(29)31-13-8-18-38-40(31)42(35)34-15-5-6-17-37(34)43-38/h1-24H. The summed E-state index contributed by atoms with van der Waals surface area (Å²) < 4.78 is 11.1. The summed E-state index contributed by atoms with van der Waals surface area (Å²) in [5.41, 5.74) is 9.40. The Bertz CT molecular complexity index is 2580. The van der Waals surface area contributed by atoms with E-state index in [1.807, 2.05) is 12.1 Å². The lowest BCUT2D eigenvalue weighted by Gasteiger charge is -2.20. The lowest BCUT2D eigenvalue weighted by molar-refractivity contribution is 0.476. The van der Waals surface area contributed by atoms with Crippen molar-refractivity contribution < 1.29 is 4.74 Å². The predicted molar refractivity (Wildman–Crippen MR) is 178 cm³/mol. The number of hydrogen-bond acceptors (Lipinski definition) is 1. The molecule has 7 aromatic carbocycles. The van der Waals surface area contributed by atoms with Gasteiger partial charge in [0.1, 0.15) is 0 Å². The minimum absolute atomic E-state index is 0.883. The molecule has 0 amide bonds. The van der Waals surface area contributed by atoms with Gasteiger partial charge in [-0.05, 0) is 76.5 Å². The van der Waals surface area contributed by atoms with Crippen molar-refractivity contribution in [2.75, 3.05) is 0 Å². The number of hydrogen-bond donors (Lipinski definition) is 0. The molecule has 3 nitrogen and oxygen atoms in total. The molecule has 9 aromatic rings. The molecule has 0 aliphatic carbocycles. The van der Waals surface area contributed by atoms with Gasteiger partial charge >= 0.3 is 0 Å². The number of fused-ring (bicyclic) bond motifs is 9. The summed E-state index contributed by atoms with van der Waals surface area (Å²) in [4.78, 5) is 0. The van der Waals surface area contributed by atoms with Crippen molar-refractivity contribution in [2.24, 2.45) is 0 Å². The van der Waals surface area contributed by atoms with E-state index in [1.54, 1.807) is 0 Å². The maximum atomic E-state index is 6.36. The van der Waals surface area contributed by atoms with E-state index in [9.17, 15) is 0 Å².